The Bertz CT molecular complexity index is 1700. The highest BCUT2D eigenvalue weighted by molar-refractivity contribution is 7.89. The van der Waals surface area contributed by atoms with E-state index in [1.807, 2.05) is 86.6 Å². The van der Waals surface area contributed by atoms with Crippen LogP contribution in [0.25, 0.3) is 0 Å². The van der Waals surface area contributed by atoms with E-state index in [4.69, 9.17) is 4.74 Å². The largest absolute Gasteiger partial charge is 0.346 e. The molecule has 0 bridgehead atoms. The lowest BCUT2D eigenvalue weighted by atomic mass is 9.92. The minimum Gasteiger partial charge on any atom is -0.346 e. The molecule has 0 radical (unpaired) electrons. The number of nitrogens with zero attached hydrogens (tertiary/aromatic N) is 3. The summed E-state index contributed by atoms with van der Waals surface area (Å²) in [7, 11) is -4.05. The molecule has 3 atom stereocenters. The molecule has 0 unspecified atom stereocenters. The van der Waals surface area contributed by atoms with Crippen LogP contribution in [0.2, 0.25) is 0 Å². The second kappa shape index (κ2) is 9.24. The van der Waals surface area contributed by atoms with Crippen molar-refractivity contribution in [2.75, 3.05) is 11.4 Å². The number of hydrogen-bond donors (Lipinski definition) is 0. The van der Waals surface area contributed by atoms with Crippen LogP contribution in [-0.2, 0) is 33.3 Å². The van der Waals surface area contributed by atoms with Gasteiger partial charge in [-0.15, -0.1) is 4.41 Å². The first-order valence-corrected chi connectivity index (χ1v) is 15.0. The number of ether oxygens (including phenoxy) is 1. The van der Waals surface area contributed by atoms with Crippen LogP contribution in [0.3, 0.4) is 0 Å². The van der Waals surface area contributed by atoms with Gasteiger partial charge in [0.1, 0.15) is 17.6 Å². The van der Waals surface area contributed by atoms with Crippen molar-refractivity contribution in [2.45, 2.75) is 49.7 Å². The maximum atomic E-state index is 15.0. The van der Waals surface area contributed by atoms with Crippen LogP contribution >= 0.6 is 0 Å². The van der Waals surface area contributed by atoms with E-state index in [-0.39, 0.29) is 10.7 Å². The van der Waals surface area contributed by atoms with E-state index in [0.717, 1.165) is 22.4 Å². The maximum absolute atomic E-state index is 15.0. The molecule has 0 aromatic heterocycles. The van der Waals surface area contributed by atoms with Crippen molar-refractivity contribution in [3.8, 4) is 0 Å². The fourth-order valence-electron chi connectivity index (χ4n) is 6.48. The summed E-state index contributed by atoms with van der Waals surface area (Å²) in [4.78, 5) is 2.34. The zero-order chi connectivity index (χ0) is 27.6. The van der Waals surface area contributed by atoms with Crippen molar-refractivity contribution in [3.63, 3.8) is 0 Å². The smallest absolute Gasteiger partial charge is 0.258 e. The first-order valence-electron chi connectivity index (χ1n) is 13.5. The van der Waals surface area contributed by atoms with E-state index >= 15 is 0 Å². The van der Waals surface area contributed by atoms with Gasteiger partial charge in [0.25, 0.3) is 10.0 Å². The average Bonchev–Trinajstić information content (AvgIpc) is 3.20. The number of aryl methyl sites for hydroxylation is 1. The molecule has 0 amide bonds. The van der Waals surface area contributed by atoms with Gasteiger partial charge in [-0.2, -0.15) is 5.01 Å². The summed E-state index contributed by atoms with van der Waals surface area (Å²) in [5.74, 6) is -0.293. The van der Waals surface area contributed by atoms with Gasteiger partial charge in [-0.3, -0.25) is 0 Å². The van der Waals surface area contributed by atoms with Crippen molar-refractivity contribution < 1.29 is 17.5 Å². The molecule has 0 saturated carbocycles. The first-order chi connectivity index (χ1) is 19.3. The van der Waals surface area contributed by atoms with Gasteiger partial charge in [0.2, 0.25) is 0 Å². The Morgan fingerprint density at radius 2 is 1.65 bits per heavy atom. The van der Waals surface area contributed by atoms with Crippen LogP contribution in [0.5, 0.6) is 0 Å². The van der Waals surface area contributed by atoms with Crippen LogP contribution in [0, 0.1) is 12.7 Å². The standard InChI is InChI=1S/C32H30FN3O3S/c1-22-15-17-24(18-16-22)40(37,38)36-31-32(2,39-30-26-11-8-13-28(33)25(26)19-20-35(30)36)27-12-6-7-14-29(27)34(31)21-23-9-4-3-5-10-23/h3-18,30-31H,19-21H2,1-2H3/t30-,31+,32+/m0/s1. The zero-order valence-electron chi connectivity index (χ0n) is 22.4. The Morgan fingerprint density at radius 3 is 2.42 bits per heavy atom. The third-order valence-corrected chi connectivity index (χ3v) is 10.2. The second-order valence-corrected chi connectivity index (χ2v) is 12.7. The normalized spacial score (nSPS) is 24.2. The summed E-state index contributed by atoms with van der Waals surface area (Å²) >= 11 is 0. The van der Waals surface area contributed by atoms with E-state index in [1.165, 1.54) is 10.5 Å². The lowest BCUT2D eigenvalue weighted by Crippen LogP contribution is -2.69. The van der Waals surface area contributed by atoms with Gasteiger partial charge < -0.3 is 9.64 Å². The molecule has 3 heterocycles. The van der Waals surface area contributed by atoms with E-state index < -0.39 is 28.0 Å². The minimum absolute atomic E-state index is 0.210. The third kappa shape index (κ3) is 3.74. The SMILES string of the molecule is Cc1ccc(S(=O)(=O)N2[C@H]3N(Cc4ccccc4)c4ccccc4[C@@]3(C)O[C@H]3c4cccc(F)c4CCN32)cc1. The van der Waals surface area contributed by atoms with Gasteiger partial charge >= 0.3 is 0 Å². The Morgan fingerprint density at radius 1 is 0.925 bits per heavy atom. The highest BCUT2D eigenvalue weighted by Gasteiger charge is 2.62. The number of benzene rings is 4. The van der Waals surface area contributed by atoms with Gasteiger partial charge in [0, 0.05) is 29.9 Å². The summed E-state index contributed by atoms with van der Waals surface area (Å²) in [5, 5.41) is 1.78. The van der Waals surface area contributed by atoms with Gasteiger partial charge in [-0.05, 0) is 55.7 Å². The highest BCUT2D eigenvalue weighted by Crippen LogP contribution is 2.56. The van der Waals surface area contributed by atoms with Crippen molar-refractivity contribution >= 4 is 15.7 Å². The number of para-hydroxylation sites is 1. The summed E-state index contributed by atoms with van der Waals surface area (Å²) in [6.45, 7) is 4.69. The molecule has 40 heavy (non-hydrogen) atoms. The zero-order valence-corrected chi connectivity index (χ0v) is 23.2. The number of hydrogen-bond acceptors (Lipinski definition) is 5. The summed E-state index contributed by atoms with van der Waals surface area (Å²) in [6.07, 6.45) is -1.11. The molecule has 8 heteroatoms. The van der Waals surface area contributed by atoms with Crippen molar-refractivity contribution in [1.29, 1.82) is 0 Å². The Balaban J connectivity index is 1.46. The monoisotopic (exact) mass is 555 g/mol. The number of sulfonamides is 1. The molecule has 204 valence electrons. The molecule has 0 N–H and O–H groups in total. The van der Waals surface area contributed by atoms with Gasteiger partial charge in [-0.25, -0.2) is 12.8 Å². The molecular formula is C32H30FN3O3S. The van der Waals surface area contributed by atoms with Crippen molar-refractivity contribution in [2.24, 2.45) is 0 Å². The lowest BCUT2D eigenvalue weighted by molar-refractivity contribution is -0.283. The van der Waals surface area contributed by atoms with Gasteiger partial charge in [0.05, 0.1) is 4.90 Å². The van der Waals surface area contributed by atoms with Crippen LogP contribution in [-0.4, -0.2) is 30.6 Å². The number of fused-ring (bicyclic) bond motifs is 6. The first kappa shape index (κ1) is 25.4. The summed E-state index contributed by atoms with van der Waals surface area (Å²) < 4.78 is 52.8. The molecule has 0 spiro atoms. The molecule has 0 aliphatic carbocycles. The molecule has 4 aromatic rings. The van der Waals surface area contributed by atoms with Crippen LogP contribution in [0.4, 0.5) is 10.1 Å². The summed E-state index contributed by atoms with van der Waals surface area (Å²) in [5.41, 5.74) is 4.06. The Labute approximate surface area is 234 Å². The lowest BCUT2D eigenvalue weighted by Gasteiger charge is -2.56. The Hall–Kier alpha value is -3.56. The molecule has 1 saturated heterocycles. The molecular weight excluding hydrogens is 525 g/mol. The van der Waals surface area contributed by atoms with Crippen molar-refractivity contribution in [1.82, 2.24) is 9.42 Å². The van der Waals surface area contributed by atoms with Crippen LogP contribution in [0.1, 0.15) is 41.0 Å². The highest BCUT2D eigenvalue weighted by atomic mass is 32.2. The molecule has 1 fully saturated rings. The van der Waals surface area contributed by atoms with Crippen LogP contribution < -0.4 is 4.90 Å². The predicted octanol–water partition coefficient (Wildman–Crippen LogP) is 5.89. The quantitative estimate of drug-likeness (QED) is 0.314. The van der Waals surface area contributed by atoms with E-state index in [9.17, 15) is 12.8 Å². The molecule has 3 aliphatic rings. The van der Waals surface area contributed by atoms with Gasteiger partial charge in [-0.1, -0.05) is 78.4 Å². The number of anilines is 1. The summed E-state index contributed by atoms with van der Waals surface area (Å²) in [6, 6.07) is 29.9. The third-order valence-electron chi connectivity index (χ3n) is 8.40. The molecule has 3 aliphatic heterocycles. The fraction of sp³-hybridized carbons (Fsp3) is 0.250. The topological polar surface area (TPSA) is 53.1 Å². The molecule has 7 rings (SSSR count). The van der Waals surface area contributed by atoms with Crippen LogP contribution in [0.15, 0.2) is 102 Å². The number of hydrazine groups is 1. The average molecular weight is 556 g/mol. The van der Waals surface area contributed by atoms with E-state index in [2.05, 4.69) is 4.90 Å². The predicted molar refractivity (Wildman–Crippen MR) is 151 cm³/mol. The maximum Gasteiger partial charge on any atom is 0.258 e. The van der Waals surface area contributed by atoms with E-state index in [1.54, 1.807) is 23.2 Å². The number of rotatable bonds is 4. The molecule has 6 nitrogen and oxygen atoms in total. The van der Waals surface area contributed by atoms with Crippen molar-refractivity contribution in [3.05, 3.63) is 131 Å². The number of halogens is 1. The van der Waals surface area contributed by atoms with Gasteiger partial charge in [0.15, 0.2) is 6.23 Å². The second-order valence-electron chi connectivity index (χ2n) is 10.9. The molecule has 4 aromatic carbocycles. The Kier molecular flexibility index (Phi) is 5.87. The fourth-order valence-corrected chi connectivity index (χ4v) is 8.20. The minimum atomic E-state index is -4.05. The van der Waals surface area contributed by atoms with E-state index in [0.29, 0.717) is 30.6 Å².